The quantitative estimate of drug-likeness (QED) is 0.869. The monoisotopic (exact) mass is 231 g/mol. The van der Waals surface area contributed by atoms with Crippen LogP contribution in [0.4, 0.5) is 0 Å². The smallest absolute Gasteiger partial charge is 0.119 e. The minimum atomic E-state index is 0.174. The van der Waals surface area contributed by atoms with Crippen molar-refractivity contribution in [2.75, 3.05) is 0 Å². The van der Waals surface area contributed by atoms with Gasteiger partial charge in [0.05, 0.1) is 10.7 Å². The lowest BCUT2D eigenvalue weighted by Gasteiger charge is -2.13. The standard InChI is InChI=1S/C9H14BrNO/c1-6(2)8(11)5-9-7(10)3-4-12-9/h3-4,6,8H,5,11H2,1-2H3. The van der Waals surface area contributed by atoms with Crippen LogP contribution >= 0.6 is 15.9 Å². The second kappa shape index (κ2) is 4.10. The Bertz CT molecular complexity index is 244. The minimum absolute atomic E-state index is 0.174. The van der Waals surface area contributed by atoms with Crippen molar-refractivity contribution < 1.29 is 4.42 Å². The third-order valence-corrected chi connectivity index (χ3v) is 2.68. The highest BCUT2D eigenvalue weighted by Gasteiger charge is 2.12. The van der Waals surface area contributed by atoms with Gasteiger partial charge in [0.15, 0.2) is 0 Å². The molecule has 0 spiro atoms. The van der Waals surface area contributed by atoms with Crippen molar-refractivity contribution in [1.29, 1.82) is 0 Å². The van der Waals surface area contributed by atoms with Gasteiger partial charge >= 0.3 is 0 Å². The zero-order valence-electron chi connectivity index (χ0n) is 7.38. The molecule has 0 aliphatic carbocycles. The summed E-state index contributed by atoms with van der Waals surface area (Å²) in [5.41, 5.74) is 5.90. The van der Waals surface area contributed by atoms with Gasteiger partial charge < -0.3 is 10.2 Å². The molecule has 0 saturated carbocycles. The Balaban J connectivity index is 2.58. The van der Waals surface area contributed by atoms with E-state index in [-0.39, 0.29) is 6.04 Å². The van der Waals surface area contributed by atoms with E-state index in [9.17, 15) is 0 Å². The van der Waals surface area contributed by atoms with Crippen LogP contribution in [0.25, 0.3) is 0 Å². The van der Waals surface area contributed by atoms with Crippen LogP contribution in [0.2, 0.25) is 0 Å². The Labute approximate surface area is 81.3 Å². The fraction of sp³-hybridized carbons (Fsp3) is 0.556. The predicted octanol–water partition coefficient (Wildman–Crippen LogP) is 2.57. The van der Waals surface area contributed by atoms with Gasteiger partial charge in [-0.05, 0) is 27.9 Å². The van der Waals surface area contributed by atoms with E-state index in [1.54, 1.807) is 6.26 Å². The van der Waals surface area contributed by atoms with Crippen molar-refractivity contribution in [2.45, 2.75) is 26.3 Å². The summed E-state index contributed by atoms with van der Waals surface area (Å²) >= 11 is 3.39. The Hall–Kier alpha value is -0.280. The first-order valence-corrected chi connectivity index (χ1v) is 4.88. The van der Waals surface area contributed by atoms with Gasteiger partial charge in [0.2, 0.25) is 0 Å². The Morgan fingerprint density at radius 1 is 1.58 bits per heavy atom. The van der Waals surface area contributed by atoms with Crippen molar-refractivity contribution in [3.05, 3.63) is 22.6 Å². The molecule has 0 saturated heterocycles. The van der Waals surface area contributed by atoms with Gasteiger partial charge in [-0.1, -0.05) is 13.8 Å². The summed E-state index contributed by atoms with van der Waals surface area (Å²) in [5, 5.41) is 0. The maximum atomic E-state index is 5.90. The second-order valence-electron chi connectivity index (χ2n) is 3.30. The zero-order valence-corrected chi connectivity index (χ0v) is 8.97. The van der Waals surface area contributed by atoms with Crippen LogP contribution < -0.4 is 5.73 Å². The number of furan rings is 1. The van der Waals surface area contributed by atoms with Crippen molar-refractivity contribution in [2.24, 2.45) is 11.7 Å². The lowest BCUT2D eigenvalue weighted by Crippen LogP contribution is -2.28. The van der Waals surface area contributed by atoms with Crippen LogP contribution in [-0.2, 0) is 6.42 Å². The molecule has 1 aromatic heterocycles. The van der Waals surface area contributed by atoms with Gasteiger partial charge in [0.25, 0.3) is 0 Å². The molecule has 1 unspecified atom stereocenters. The van der Waals surface area contributed by atoms with Gasteiger partial charge in [-0.3, -0.25) is 0 Å². The summed E-state index contributed by atoms with van der Waals surface area (Å²) in [6.07, 6.45) is 2.47. The lowest BCUT2D eigenvalue weighted by atomic mass is 10.0. The molecule has 68 valence electrons. The van der Waals surface area contributed by atoms with E-state index in [4.69, 9.17) is 10.2 Å². The molecular formula is C9H14BrNO. The van der Waals surface area contributed by atoms with Crippen molar-refractivity contribution in [1.82, 2.24) is 0 Å². The topological polar surface area (TPSA) is 39.2 Å². The lowest BCUT2D eigenvalue weighted by molar-refractivity contribution is 0.429. The van der Waals surface area contributed by atoms with Crippen LogP contribution in [0.5, 0.6) is 0 Å². The number of hydrogen-bond acceptors (Lipinski definition) is 2. The average Bonchev–Trinajstić information content (AvgIpc) is 2.36. The van der Waals surface area contributed by atoms with E-state index in [0.29, 0.717) is 5.92 Å². The van der Waals surface area contributed by atoms with E-state index >= 15 is 0 Å². The van der Waals surface area contributed by atoms with Crippen molar-refractivity contribution >= 4 is 15.9 Å². The number of hydrogen-bond donors (Lipinski definition) is 1. The first-order chi connectivity index (χ1) is 5.61. The maximum Gasteiger partial charge on any atom is 0.119 e. The molecule has 1 heterocycles. The van der Waals surface area contributed by atoms with Gasteiger partial charge in [-0.2, -0.15) is 0 Å². The predicted molar refractivity (Wildman–Crippen MR) is 52.9 cm³/mol. The molecule has 0 bridgehead atoms. The number of rotatable bonds is 3. The number of nitrogens with two attached hydrogens (primary N) is 1. The Morgan fingerprint density at radius 2 is 2.25 bits per heavy atom. The maximum absolute atomic E-state index is 5.90. The van der Waals surface area contributed by atoms with Crippen LogP contribution in [0.1, 0.15) is 19.6 Å². The first-order valence-electron chi connectivity index (χ1n) is 4.08. The molecular weight excluding hydrogens is 218 g/mol. The van der Waals surface area contributed by atoms with Crippen LogP contribution in [0.3, 0.4) is 0 Å². The number of halogens is 1. The van der Waals surface area contributed by atoms with Gasteiger partial charge in [-0.15, -0.1) is 0 Å². The molecule has 2 nitrogen and oxygen atoms in total. The summed E-state index contributed by atoms with van der Waals surface area (Å²) in [6.45, 7) is 4.23. The van der Waals surface area contributed by atoms with Crippen LogP contribution in [0, 0.1) is 5.92 Å². The summed E-state index contributed by atoms with van der Waals surface area (Å²) in [5.74, 6) is 1.43. The van der Waals surface area contributed by atoms with Crippen LogP contribution in [-0.4, -0.2) is 6.04 Å². The highest BCUT2D eigenvalue weighted by Crippen LogP contribution is 2.20. The van der Waals surface area contributed by atoms with E-state index in [1.165, 1.54) is 0 Å². The van der Waals surface area contributed by atoms with Gasteiger partial charge in [-0.25, -0.2) is 0 Å². The van der Waals surface area contributed by atoms with Crippen molar-refractivity contribution in [3.8, 4) is 0 Å². The molecule has 0 aliphatic heterocycles. The van der Waals surface area contributed by atoms with Gasteiger partial charge in [0, 0.05) is 12.5 Å². The van der Waals surface area contributed by atoms with E-state index in [1.807, 2.05) is 6.07 Å². The average molecular weight is 232 g/mol. The molecule has 2 N–H and O–H groups in total. The molecule has 0 fully saturated rings. The van der Waals surface area contributed by atoms with Gasteiger partial charge in [0.1, 0.15) is 5.76 Å². The highest BCUT2D eigenvalue weighted by atomic mass is 79.9. The van der Waals surface area contributed by atoms with E-state index in [2.05, 4.69) is 29.8 Å². The molecule has 1 atom stereocenters. The van der Waals surface area contributed by atoms with Crippen LogP contribution in [0.15, 0.2) is 21.2 Å². The summed E-state index contributed by atoms with van der Waals surface area (Å²) in [4.78, 5) is 0. The normalized spacial score (nSPS) is 13.8. The fourth-order valence-corrected chi connectivity index (χ4v) is 1.28. The van der Waals surface area contributed by atoms with Crippen molar-refractivity contribution in [3.63, 3.8) is 0 Å². The molecule has 0 aromatic carbocycles. The summed E-state index contributed by atoms with van der Waals surface area (Å²) in [6, 6.07) is 2.06. The summed E-state index contributed by atoms with van der Waals surface area (Å²) < 4.78 is 6.27. The first kappa shape index (κ1) is 9.81. The molecule has 0 amide bonds. The SMILES string of the molecule is CC(C)C(N)Cc1occc1Br. The Kier molecular flexibility index (Phi) is 3.35. The molecule has 3 heteroatoms. The third-order valence-electron chi connectivity index (χ3n) is 1.97. The second-order valence-corrected chi connectivity index (χ2v) is 4.16. The highest BCUT2D eigenvalue weighted by molar-refractivity contribution is 9.10. The van der Waals surface area contributed by atoms with E-state index in [0.717, 1.165) is 16.7 Å². The molecule has 0 aliphatic rings. The van der Waals surface area contributed by atoms with E-state index < -0.39 is 0 Å². The summed E-state index contributed by atoms with van der Waals surface area (Å²) in [7, 11) is 0. The minimum Gasteiger partial charge on any atom is -0.468 e. The molecule has 0 radical (unpaired) electrons. The largest absolute Gasteiger partial charge is 0.468 e. The zero-order chi connectivity index (χ0) is 9.14. The Morgan fingerprint density at radius 3 is 2.67 bits per heavy atom. The third kappa shape index (κ3) is 2.35. The molecule has 12 heavy (non-hydrogen) atoms. The molecule has 1 rings (SSSR count). The molecule has 1 aromatic rings. The fourth-order valence-electron chi connectivity index (χ4n) is 0.921.